The van der Waals surface area contributed by atoms with Crippen molar-refractivity contribution in [2.45, 2.75) is 26.6 Å². The Morgan fingerprint density at radius 1 is 1.09 bits per heavy atom. The quantitative estimate of drug-likeness (QED) is 0.381. The van der Waals surface area contributed by atoms with Crippen molar-refractivity contribution in [1.82, 2.24) is 24.6 Å². The number of hydrogen-bond donors (Lipinski definition) is 1. The van der Waals surface area contributed by atoms with Crippen LogP contribution in [0.5, 0.6) is 0 Å². The number of imidazole rings is 1. The Bertz CT molecular complexity index is 1400. The minimum atomic E-state index is -0.262. The van der Waals surface area contributed by atoms with Crippen LogP contribution in [-0.4, -0.2) is 25.2 Å². The Balaban J connectivity index is 1.32. The second-order valence-corrected chi connectivity index (χ2v) is 8.92. The zero-order chi connectivity index (χ0) is 22.8. The van der Waals surface area contributed by atoms with Gasteiger partial charge in [-0.25, -0.2) is 9.37 Å². The summed E-state index contributed by atoms with van der Waals surface area (Å²) >= 11 is 1.42. The highest BCUT2D eigenvalue weighted by molar-refractivity contribution is 7.20. The van der Waals surface area contributed by atoms with Crippen LogP contribution in [0.2, 0.25) is 0 Å². The van der Waals surface area contributed by atoms with Crippen molar-refractivity contribution >= 4 is 27.5 Å². The Hall–Kier alpha value is -3.78. The molecule has 33 heavy (non-hydrogen) atoms. The van der Waals surface area contributed by atoms with E-state index in [4.69, 9.17) is 0 Å². The summed E-state index contributed by atoms with van der Waals surface area (Å²) in [4.78, 5) is 18.6. The molecule has 6 nitrogen and oxygen atoms in total. The lowest BCUT2D eigenvalue weighted by Crippen LogP contribution is -2.22. The number of benzene rings is 2. The number of fused-ring (bicyclic) bond motifs is 1. The van der Waals surface area contributed by atoms with Crippen LogP contribution in [-0.2, 0) is 19.6 Å². The molecule has 0 saturated carbocycles. The second kappa shape index (κ2) is 8.99. The topological polar surface area (TPSA) is 64.7 Å². The van der Waals surface area contributed by atoms with Gasteiger partial charge in [0.05, 0.1) is 23.4 Å². The molecule has 2 aromatic carbocycles. The van der Waals surface area contributed by atoms with E-state index in [-0.39, 0.29) is 11.7 Å². The molecule has 5 rings (SSSR count). The van der Waals surface area contributed by atoms with E-state index in [0.29, 0.717) is 24.5 Å². The molecule has 1 amide bonds. The number of aryl methyl sites for hydroxylation is 1. The maximum absolute atomic E-state index is 13.2. The first-order valence-corrected chi connectivity index (χ1v) is 11.4. The SMILES string of the molecule is Cc1nn(Cc2ccc(F)cc2)c2sc(C(=O)NCc3ccccc3Cn3ccnc3)cc12. The summed E-state index contributed by atoms with van der Waals surface area (Å²) in [5, 5.41) is 8.62. The van der Waals surface area contributed by atoms with Crippen LogP contribution in [0.4, 0.5) is 4.39 Å². The summed E-state index contributed by atoms with van der Waals surface area (Å²) in [5.74, 6) is -0.372. The Morgan fingerprint density at radius 3 is 2.64 bits per heavy atom. The lowest BCUT2D eigenvalue weighted by Gasteiger charge is -2.11. The van der Waals surface area contributed by atoms with Crippen molar-refractivity contribution in [3.8, 4) is 0 Å². The predicted octanol–water partition coefficient (Wildman–Crippen LogP) is 4.77. The van der Waals surface area contributed by atoms with Crippen LogP contribution >= 0.6 is 11.3 Å². The number of thiophene rings is 1. The summed E-state index contributed by atoms with van der Waals surface area (Å²) in [6.45, 7) is 3.60. The van der Waals surface area contributed by atoms with Gasteiger partial charge in [0.2, 0.25) is 0 Å². The molecule has 0 radical (unpaired) electrons. The molecule has 0 saturated heterocycles. The summed E-state index contributed by atoms with van der Waals surface area (Å²) in [7, 11) is 0. The average molecular weight is 460 g/mol. The molecule has 0 aliphatic carbocycles. The van der Waals surface area contributed by atoms with Crippen molar-refractivity contribution in [3.63, 3.8) is 0 Å². The highest BCUT2D eigenvalue weighted by Gasteiger charge is 2.17. The minimum Gasteiger partial charge on any atom is -0.347 e. The number of halogens is 1. The summed E-state index contributed by atoms with van der Waals surface area (Å²) in [6.07, 6.45) is 5.46. The normalized spacial score (nSPS) is 11.2. The number of hydrogen-bond acceptors (Lipinski definition) is 4. The molecule has 0 unspecified atom stereocenters. The molecule has 166 valence electrons. The maximum Gasteiger partial charge on any atom is 0.261 e. The molecule has 0 atom stereocenters. The second-order valence-electron chi connectivity index (χ2n) is 7.89. The molecular formula is C25H22FN5OS. The zero-order valence-electron chi connectivity index (χ0n) is 18.0. The van der Waals surface area contributed by atoms with Gasteiger partial charge in [0, 0.05) is 30.9 Å². The zero-order valence-corrected chi connectivity index (χ0v) is 18.8. The standard InChI is InChI=1S/C25H22FN5OS/c1-17-22-12-23(33-25(22)31(29-17)14-18-6-8-21(26)9-7-18)24(32)28-13-19-4-2-3-5-20(19)15-30-11-10-27-16-30/h2-12,16H,13-15H2,1H3,(H,28,32). The number of carbonyl (C=O) groups is 1. The molecule has 3 aromatic heterocycles. The van der Waals surface area contributed by atoms with E-state index in [1.807, 2.05) is 46.6 Å². The fourth-order valence-corrected chi connectivity index (χ4v) is 4.90. The number of nitrogens with one attached hydrogen (secondary N) is 1. The van der Waals surface area contributed by atoms with Crippen molar-refractivity contribution in [3.05, 3.63) is 106 Å². The van der Waals surface area contributed by atoms with E-state index in [1.54, 1.807) is 24.7 Å². The molecule has 3 heterocycles. The molecule has 0 fully saturated rings. The van der Waals surface area contributed by atoms with Gasteiger partial charge in [0.25, 0.3) is 5.91 Å². The Kier molecular flexibility index (Phi) is 5.75. The fraction of sp³-hybridized carbons (Fsp3) is 0.160. The third kappa shape index (κ3) is 4.56. The number of carbonyl (C=O) groups excluding carboxylic acids is 1. The number of aromatic nitrogens is 4. The molecule has 0 aliphatic rings. The Morgan fingerprint density at radius 2 is 1.88 bits per heavy atom. The van der Waals surface area contributed by atoms with E-state index in [0.717, 1.165) is 32.6 Å². The van der Waals surface area contributed by atoms with Gasteiger partial charge in [-0.3, -0.25) is 9.48 Å². The van der Waals surface area contributed by atoms with Gasteiger partial charge in [-0.2, -0.15) is 5.10 Å². The van der Waals surface area contributed by atoms with Crippen molar-refractivity contribution in [2.75, 3.05) is 0 Å². The van der Waals surface area contributed by atoms with Gasteiger partial charge in [0.1, 0.15) is 10.6 Å². The minimum absolute atomic E-state index is 0.110. The van der Waals surface area contributed by atoms with E-state index < -0.39 is 0 Å². The number of nitrogens with zero attached hydrogens (tertiary/aromatic N) is 4. The highest BCUT2D eigenvalue weighted by Crippen LogP contribution is 2.29. The summed E-state index contributed by atoms with van der Waals surface area (Å²) in [5.41, 5.74) is 4.03. The Labute approximate surface area is 194 Å². The third-order valence-electron chi connectivity index (χ3n) is 5.55. The highest BCUT2D eigenvalue weighted by atomic mass is 32.1. The van der Waals surface area contributed by atoms with E-state index in [9.17, 15) is 9.18 Å². The first kappa shape index (κ1) is 21.1. The smallest absolute Gasteiger partial charge is 0.261 e. The van der Waals surface area contributed by atoms with Crippen LogP contribution in [0, 0.1) is 12.7 Å². The molecule has 1 N–H and O–H groups in total. The average Bonchev–Trinajstić information content (AvgIpc) is 3.54. The summed E-state index contributed by atoms with van der Waals surface area (Å²) < 4.78 is 17.1. The van der Waals surface area contributed by atoms with Gasteiger partial charge in [0.15, 0.2) is 0 Å². The van der Waals surface area contributed by atoms with Crippen molar-refractivity contribution in [2.24, 2.45) is 0 Å². The fourth-order valence-electron chi connectivity index (χ4n) is 3.82. The van der Waals surface area contributed by atoms with Crippen LogP contribution in [0.1, 0.15) is 32.1 Å². The van der Waals surface area contributed by atoms with Crippen LogP contribution < -0.4 is 5.32 Å². The largest absolute Gasteiger partial charge is 0.347 e. The third-order valence-corrected chi connectivity index (χ3v) is 6.69. The lowest BCUT2D eigenvalue weighted by molar-refractivity contribution is 0.0955. The van der Waals surface area contributed by atoms with E-state index in [2.05, 4.69) is 21.5 Å². The predicted molar refractivity (Wildman–Crippen MR) is 127 cm³/mol. The molecule has 8 heteroatoms. The number of amides is 1. The van der Waals surface area contributed by atoms with E-state index >= 15 is 0 Å². The monoisotopic (exact) mass is 459 g/mol. The van der Waals surface area contributed by atoms with Crippen molar-refractivity contribution in [1.29, 1.82) is 0 Å². The molecule has 0 bridgehead atoms. The van der Waals surface area contributed by atoms with Gasteiger partial charge in [-0.15, -0.1) is 11.3 Å². The van der Waals surface area contributed by atoms with Gasteiger partial charge >= 0.3 is 0 Å². The summed E-state index contributed by atoms with van der Waals surface area (Å²) in [6, 6.07) is 16.4. The molecule has 0 spiro atoms. The van der Waals surface area contributed by atoms with E-state index in [1.165, 1.54) is 23.5 Å². The van der Waals surface area contributed by atoms with Gasteiger partial charge < -0.3 is 9.88 Å². The first-order chi connectivity index (χ1) is 16.1. The van der Waals surface area contributed by atoms with Gasteiger partial charge in [-0.1, -0.05) is 36.4 Å². The molecular weight excluding hydrogens is 437 g/mol. The van der Waals surface area contributed by atoms with Crippen molar-refractivity contribution < 1.29 is 9.18 Å². The van der Waals surface area contributed by atoms with Crippen LogP contribution in [0.15, 0.2) is 73.3 Å². The first-order valence-electron chi connectivity index (χ1n) is 10.6. The van der Waals surface area contributed by atoms with Gasteiger partial charge in [-0.05, 0) is 41.8 Å². The van der Waals surface area contributed by atoms with Crippen LogP contribution in [0.3, 0.4) is 0 Å². The maximum atomic E-state index is 13.2. The lowest BCUT2D eigenvalue weighted by atomic mass is 10.1. The number of rotatable bonds is 7. The molecule has 5 aromatic rings. The molecule has 0 aliphatic heterocycles. The van der Waals surface area contributed by atoms with Crippen LogP contribution in [0.25, 0.3) is 10.2 Å².